The Morgan fingerprint density at radius 2 is 2.25 bits per heavy atom. The van der Waals surface area contributed by atoms with Crippen molar-refractivity contribution in [3.05, 3.63) is 28.4 Å². The van der Waals surface area contributed by atoms with Gasteiger partial charge in [0.2, 0.25) is 10.0 Å². The van der Waals surface area contributed by atoms with Crippen LogP contribution in [-0.2, 0) is 10.0 Å². The van der Waals surface area contributed by atoms with Crippen molar-refractivity contribution < 1.29 is 18.4 Å². The predicted octanol–water partition coefficient (Wildman–Crippen LogP) is 0.383. The highest BCUT2D eigenvalue weighted by atomic mass is 32.2. The monoisotopic (exact) mass is 301 g/mol. The molecular formula is C11H15N3O5S. The highest BCUT2D eigenvalue weighted by Gasteiger charge is 2.33. The first-order chi connectivity index (χ1) is 9.45. The van der Waals surface area contributed by atoms with Gasteiger partial charge in [0.05, 0.1) is 0 Å². The number of nitrogens with zero attached hydrogens (tertiary/aromatic N) is 3. The summed E-state index contributed by atoms with van der Waals surface area (Å²) in [6.07, 6.45) is 2.29. The van der Waals surface area contributed by atoms with Crippen LogP contribution in [0.2, 0.25) is 0 Å². The molecule has 1 saturated heterocycles. The Morgan fingerprint density at radius 3 is 2.80 bits per heavy atom. The molecule has 0 aromatic carbocycles. The number of pyridine rings is 1. The van der Waals surface area contributed by atoms with Crippen LogP contribution in [0.4, 0.5) is 5.82 Å². The van der Waals surface area contributed by atoms with E-state index in [1.54, 1.807) is 0 Å². The minimum absolute atomic E-state index is 0.0393. The standard InChI is InChI=1S/C11H15N3O5S/c15-6-4-9-3-5-13(8-9)20(18,19)10-1-2-11(12-7-10)14(16)17/h1-2,7,9,15H,3-6,8H2. The summed E-state index contributed by atoms with van der Waals surface area (Å²) in [5.74, 6) is -0.232. The zero-order valence-electron chi connectivity index (χ0n) is 10.7. The molecule has 2 rings (SSSR count). The van der Waals surface area contributed by atoms with Crippen molar-refractivity contribution in [1.29, 1.82) is 0 Å². The van der Waals surface area contributed by atoms with Gasteiger partial charge in [-0.15, -0.1) is 0 Å². The lowest BCUT2D eigenvalue weighted by molar-refractivity contribution is -0.389. The first kappa shape index (κ1) is 14.8. The van der Waals surface area contributed by atoms with Gasteiger partial charge in [-0.3, -0.25) is 0 Å². The van der Waals surface area contributed by atoms with E-state index in [0.29, 0.717) is 25.9 Å². The van der Waals surface area contributed by atoms with Gasteiger partial charge in [-0.05, 0) is 34.7 Å². The molecule has 1 aliphatic heterocycles. The zero-order chi connectivity index (χ0) is 14.8. The molecule has 1 aromatic heterocycles. The molecule has 1 unspecified atom stereocenters. The number of hydrogen-bond acceptors (Lipinski definition) is 6. The molecule has 9 heteroatoms. The molecule has 0 aliphatic carbocycles. The summed E-state index contributed by atoms with van der Waals surface area (Å²) < 4.78 is 26.0. The van der Waals surface area contributed by atoms with Crippen LogP contribution in [0.1, 0.15) is 12.8 Å². The number of aliphatic hydroxyl groups excluding tert-OH is 1. The van der Waals surface area contributed by atoms with E-state index in [4.69, 9.17) is 5.11 Å². The van der Waals surface area contributed by atoms with Gasteiger partial charge in [0.15, 0.2) is 6.20 Å². The number of sulfonamides is 1. The van der Waals surface area contributed by atoms with Gasteiger partial charge in [0.25, 0.3) is 0 Å². The largest absolute Gasteiger partial charge is 0.396 e. The van der Waals surface area contributed by atoms with E-state index in [1.807, 2.05) is 0 Å². The van der Waals surface area contributed by atoms with Crippen LogP contribution < -0.4 is 0 Å². The van der Waals surface area contributed by atoms with E-state index in [-0.39, 0.29) is 23.2 Å². The molecule has 110 valence electrons. The summed E-state index contributed by atoms with van der Waals surface area (Å²) in [6.45, 7) is 0.793. The van der Waals surface area contributed by atoms with E-state index in [2.05, 4.69) is 4.98 Å². The van der Waals surface area contributed by atoms with Crippen molar-refractivity contribution in [2.75, 3.05) is 19.7 Å². The number of aromatic nitrogens is 1. The van der Waals surface area contributed by atoms with Crippen LogP contribution >= 0.6 is 0 Å². The Balaban J connectivity index is 2.16. The van der Waals surface area contributed by atoms with Crippen molar-refractivity contribution >= 4 is 15.8 Å². The summed E-state index contributed by atoms with van der Waals surface area (Å²) >= 11 is 0. The Morgan fingerprint density at radius 1 is 1.50 bits per heavy atom. The van der Waals surface area contributed by atoms with Crippen LogP contribution in [0.15, 0.2) is 23.2 Å². The van der Waals surface area contributed by atoms with Gasteiger partial charge in [-0.2, -0.15) is 4.31 Å². The first-order valence-electron chi connectivity index (χ1n) is 6.16. The van der Waals surface area contributed by atoms with E-state index < -0.39 is 14.9 Å². The molecule has 0 radical (unpaired) electrons. The van der Waals surface area contributed by atoms with Crippen molar-refractivity contribution in [2.45, 2.75) is 17.7 Å². The van der Waals surface area contributed by atoms with Crippen LogP contribution in [0.3, 0.4) is 0 Å². The van der Waals surface area contributed by atoms with Crippen molar-refractivity contribution in [3.63, 3.8) is 0 Å². The SMILES string of the molecule is O=[N+]([O-])c1ccc(S(=O)(=O)N2CCC(CCO)C2)cn1. The fourth-order valence-electron chi connectivity index (χ4n) is 2.22. The lowest BCUT2D eigenvalue weighted by Crippen LogP contribution is -2.29. The smallest absolute Gasteiger partial charge is 0.363 e. The summed E-state index contributed by atoms with van der Waals surface area (Å²) in [5, 5.41) is 19.4. The van der Waals surface area contributed by atoms with Crippen LogP contribution in [0, 0.1) is 16.0 Å². The summed E-state index contributed by atoms with van der Waals surface area (Å²) in [7, 11) is -3.67. The third kappa shape index (κ3) is 2.94. The lowest BCUT2D eigenvalue weighted by atomic mass is 10.1. The van der Waals surface area contributed by atoms with Gasteiger partial charge in [-0.1, -0.05) is 0 Å². The van der Waals surface area contributed by atoms with Gasteiger partial charge < -0.3 is 15.2 Å². The molecule has 1 atom stereocenters. The number of rotatable bonds is 5. The molecule has 20 heavy (non-hydrogen) atoms. The third-order valence-electron chi connectivity index (χ3n) is 3.33. The topological polar surface area (TPSA) is 114 Å². The predicted molar refractivity (Wildman–Crippen MR) is 69.5 cm³/mol. The molecular weight excluding hydrogens is 286 g/mol. The van der Waals surface area contributed by atoms with Gasteiger partial charge in [-0.25, -0.2) is 8.42 Å². The molecule has 0 saturated carbocycles. The molecule has 1 fully saturated rings. The fourth-order valence-corrected chi connectivity index (χ4v) is 3.69. The molecule has 0 amide bonds. The molecule has 0 bridgehead atoms. The number of aliphatic hydroxyl groups is 1. The molecule has 1 aromatic rings. The minimum Gasteiger partial charge on any atom is -0.396 e. The van der Waals surface area contributed by atoms with Crippen LogP contribution in [0.25, 0.3) is 0 Å². The maximum atomic E-state index is 12.3. The summed E-state index contributed by atoms with van der Waals surface area (Å²) in [4.78, 5) is 13.3. The maximum Gasteiger partial charge on any atom is 0.363 e. The number of hydrogen-bond donors (Lipinski definition) is 1. The molecule has 1 N–H and O–H groups in total. The van der Waals surface area contributed by atoms with Crippen molar-refractivity contribution in [3.8, 4) is 0 Å². The maximum absolute atomic E-state index is 12.3. The highest BCUT2D eigenvalue weighted by Crippen LogP contribution is 2.26. The zero-order valence-corrected chi connectivity index (χ0v) is 11.5. The highest BCUT2D eigenvalue weighted by molar-refractivity contribution is 7.89. The lowest BCUT2D eigenvalue weighted by Gasteiger charge is -2.15. The average molecular weight is 301 g/mol. The third-order valence-corrected chi connectivity index (χ3v) is 5.18. The molecule has 0 spiro atoms. The molecule has 2 heterocycles. The fraction of sp³-hybridized carbons (Fsp3) is 0.545. The number of nitro groups is 1. The molecule has 1 aliphatic rings. The van der Waals surface area contributed by atoms with Gasteiger partial charge in [0, 0.05) is 25.8 Å². The molecule has 8 nitrogen and oxygen atoms in total. The normalized spacial score (nSPS) is 20.1. The minimum atomic E-state index is -3.67. The van der Waals surface area contributed by atoms with Crippen LogP contribution in [0.5, 0.6) is 0 Å². The van der Waals surface area contributed by atoms with E-state index in [9.17, 15) is 18.5 Å². The average Bonchev–Trinajstić information content (AvgIpc) is 2.88. The van der Waals surface area contributed by atoms with Gasteiger partial charge in [0.1, 0.15) is 4.90 Å². The Bertz CT molecular complexity index is 587. The Labute approximate surface area is 116 Å². The van der Waals surface area contributed by atoms with E-state index in [1.165, 1.54) is 10.4 Å². The Hall–Kier alpha value is -1.58. The quantitative estimate of drug-likeness (QED) is 0.621. The second-order valence-corrected chi connectivity index (χ2v) is 6.58. The second-order valence-electron chi connectivity index (χ2n) is 4.64. The Kier molecular flexibility index (Phi) is 4.31. The second kappa shape index (κ2) is 5.81. The van der Waals surface area contributed by atoms with E-state index in [0.717, 1.165) is 12.3 Å². The van der Waals surface area contributed by atoms with Crippen molar-refractivity contribution in [1.82, 2.24) is 9.29 Å². The summed E-state index contributed by atoms with van der Waals surface area (Å²) in [5.41, 5.74) is 0. The van der Waals surface area contributed by atoms with Gasteiger partial charge >= 0.3 is 5.82 Å². The summed E-state index contributed by atoms with van der Waals surface area (Å²) in [6, 6.07) is 2.27. The van der Waals surface area contributed by atoms with Crippen molar-refractivity contribution in [2.24, 2.45) is 5.92 Å². The van der Waals surface area contributed by atoms with Crippen LogP contribution in [-0.4, -0.2) is 47.4 Å². The first-order valence-corrected chi connectivity index (χ1v) is 7.60. The van der Waals surface area contributed by atoms with E-state index >= 15 is 0 Å².